The van der Waals surface area contributed by atoms with E-state index in [1.165, 1.54) is 5.56 Å². The van der Waals surface area contributed by atoms with Gasteiger partial charge in [-0.15, -0.1) is 0 Å². The zero-order valence-electron chi connectivity index (χ0n) is 9.29. The first-order valence-corrected chi connectivity index (χ1v) is 5.02. The molecule has 0 aromatic heterocycles. The maximum absolute atomic E-state index is 11.3. The molecule has 14 heavy (non-hydrogen) atoms. The van der Waals surface area contributed by atoms with Crippen LogP contribution in [0.15, 0.2) is 0 Å². The standard InChI is InChI=1S/C12H15ClO/c1-6-7(2)9(4)11(12(13)14)10(5)8(6)3/h1-5H3. The fourth-order valence-electron chi connectivity index (χ4n) is 1.79. The second-order valence-electron chi connectivity index (χ2n) is 3.77. The molecular weight excluding hydrogens is 196 g/mol. The summed E-state index contributed by atoms with van der Waals surface area (Å²) in [6, 6.07) is 0. The number of carbonyl (C=O) groups is 1. The predicted molar refractivity (Wildman–Crippen MR) is 60.3 cm³/mol. The van der Waals surface area contributed by atoms with E-state index < -0.39 is 0 Å². The average molecular weight is 211 g/mol. The van der Waals surface area contributed by atoms with E-state index in [0.717, 1.165) is 22.3 Å². The van der Waals surface area contributed by atoms with E-state index in [4.69, 9.17) is 11.6 Å². The Bertz CT molecular complexity index is 376. The smallest absolute Gasteiger partial charge is 0.252 e. The van der Waals surface area contributed by atoms with Crippen LogP contribution in [0.3, 0.4) is 0 Å². The van der Waals surface area contributed by atoms with Gasteiger partial charge in [0, 0.05) is 5.56 Å². The van der Waals surface area contributed by atoms with Crippen LogP contribution in [0.4, 0.5) is 0 Å². The van der Waals surface area contributed by atoms with Gasteiger partial charge in [-0.1, -0.05) is 0 Å². The summed E-state index contributed by atoms with van der Waals surface area (Å²) in [4.78, 5) is 11.3. The molecule has 0 saturated heterocycles. The van der Waals surface area contributed by atoms with Crippen molar-refractivity contribution in [1.82, 2.24) is 0 Å². The Morgan fingerprint density at radius 2 is 1.07 bits per heavy atom. The van der Waals surface area contributed by atoms with Gasteiger partial charge in [0.25, 0.3) is 5.24 Å². The van der Waals surface area contributed by atoms with Gasteiger partial charge in [-0.05, 0) is 74.0 Å². The number of rotatable bonds is 1. The molecule has 0 amide bonds. The molecule has 0 aliphatic heterocycles. The lowest BCUT2D eigenvalue weighted by atomic mass is 9.90. The van der Waals surface area contributed by atoms with E-state index in [-0.39, 0.29) is 5.24 Å². The molecule has 0 unspecified atom stereocenters. The molecule has 1 aromatic rings. The highest BCUT2D eigenvalue weighted by Gasteiger charge is 2.15. The third kappa shape index (κ3) is 1.57. The summed E-state index contributed by atoms with van der Waals surface area (Å²) in [5.41, 5.74) is 6.26. The van der Waals surface area contributed by atoms with Gasteiger partial charge in [-0.2, -0.15) is 0 Å². The highest BCUT2D eigenvalue weighted by atomic mass is 35.5. The first kappa shape index (κ1) is 11.3. The molecular formula is C12H15ClO. The molecule has 0 spiro atoms. The number of hydrogen-bond acceptors (Lipinski definition) is 1. The molecule has 0 aliphatic rings. The Morgan fingerprint density at radius 3 is 1.36 bits per heavy atom. The third-order valence-electron chi connectivity index (χ3n) is 3.20. The van der Waals surface area contributed by atoms with E-state index in [1.807, 2.05) is 27.7 Å². The molecule has 2 heteroatoms. The quantitative estimate of drug-likeness (QED) is 0.648. The maximum atomic E-state index is 11.3. The summed E-state index contributed by atoms with van der Waals surface area (Å²) in [6.07, 6.45) is 0. The van der Waals surface area contributed by atoms with Crippen molar-refractivity contribution in [2.45, 2.75) is 34.6 Å². The molecule has 0 aliphatic carbocycles. The lowest BCUT2D eigenvalue weighted by Crippen LogP contribution is -2.05. The van der Waals surface area contributed by atoms with Crippen molar-refractivity contribution in [2.75, 3.05) is 0 Å². The van der Waals surface area contributed by atoms with Gasteiger partial charge in [0.1, 0.15) is 0 Å². The van der Waals surface area contributed by atoms with Crippen molar-refractivity contribution in [3.63, 3.8) is 0 Å². The van der Waals surface area contributed by atoms with Crippen LogP contribution in [0.5, 0.6) is 0 Å². The van der Waals surface area contributed by atoms with E-state index in [0.29, 0.717) is 5.56 Å². The van der Waals surface area contributed by atoms with Crippen LogP contribution in [0.1, 0.15) is 38.2 Å². The molecule has 0 bridgehead atoms. The Hall–Kier alpha value is -0.820. The number of halogens is 1. The minimum atomic E-state index is -0.355. The highest BCUT2D eigenvalue weighted by Crippen LogP contribution is 2.26. The molecule has 1 aromatic carbocycles. The third-order valence-corrected chi connectivity index (χ3v) is 3.39. The summed E-state index contributed by atoms with van der Waals surface area (Å²) in [6.45, 7) is 10.0. The van der Waals surface area contributed by atoms with Crippen molar-refractivity contribution in [2.24, 2.45) is 0 Å². The monoisotopic (exact) mass is 210 g/mol. The SMILES string of the molecule is Cc1c(C)c(C)c(C(=O)Cl)c(C)c1C. The van der Waals surface area contributed by atoms with Gasteiger partial charge in [-0.3, -0.25) is 4.79 Å². The second kappa shape index (κ2) is 3.74. The minimum absolute atomic E-state index is 0.355. The van der Waals surface area contributed by atoms with E-state index in [2.05, 4.69) is 6.92 Å². The molecule has 0 N–H and O–H groups in total. The largest absolute Gasteiger partial charge is 0.276 e. The topological polar surface area (TPSA) is 17.1 Å². The van der Waals surface area contributed by atoms with Crippen LogP contribution in [-0.2, 0) is 0 Å². The van der Waals surface area contributed by atoms with Crippen molar-refractivity contribution < 1.29 is 4.79 Å². The maximum Gasteiger partial charge on any atom is 0.252 e. The molecule has 76 valence electrons. The molecule has 0 heterocycles. The predicted octanol–water partition coefficient (Wildman–Crippen LogP) is 3.61. The zero-order valence-corrected chi connectivity index (χ0v) is 10.0. The van der Waals surface area contributed by atoms with Crippen LogP contribution in [-0.4, -0.2) is 5.24 Å². The highest BCUT2D eigenvalue weighted by molar-refractivity contribution is 6.68. The van der Waals surface area contributed by atoms with Crippen molar-refractivity contribution in [3.8, 4) is 0 Å². The Morgan fingerprint density at radius 1 is 0.786 bits per heavy atom. The summed E-state index contributed by atoms with van der Waals surface area (Å²) >= 11 is 5.57. The van der Waals surface area contributed by atoms with E-state index >= 15 is 0 Å². The zero-order chi connectivity index (χ0) is 11.0. The molecule has 1 nitrogen and oxygen atoms in total. The lowest BCUT2D eigenvalue weighted by molar-refractivity contribution is 0.108. The van der Waals surface area contributed by atoms with Crippen molar-refractivity contribution >= 4 is 16.8 Å². The fourth-order valence-corrected chi connectivity index (χ4v) is 2.08. The van der Waals surface area contributed by atoms with Gasteiger partial charge in [0.2, 0.25) is 0 Å². The normalized spacial score (nSPS) is 10.4. The summed E-state index contributed by atoms with van der Waals surface area (Å²) < 4.78 is 0. The number of hydrogen-bond donors (Lipinski definition) is 0. The molecule has 0 radical (unpaired) electrons. The van der Waals surface area contributed by atoms with Gasteiger partial charge in [0.05, 0.1) is 0 Å². The van der Waals surface area contributed by atoms with Gasteiger partial charge in [0.15, 0.2) is 0 Å². The van der Waals surface area contributed by atoms with E-state index in [9.17, 15) is 4.79 Å². The summed E-state index contributed by atoms with van der Waals surface area (Å²) in [5.74, 6) is 0. The molecule has 0 fully saturated rings. The van der Waals surface area contributed by atoms with Gasteiger partial charge in [-0.25, -0.2) is 0 Å². The van der Waals surface area contributed by atoms with Gasteiger partial charge >= 0.3 is 0 Å². The lowest BCUT2D eigenvalue weighted by Gasteiger charge is -2.15. The number of carbonyl (C=O) groups excluding carboxylic acids is 1. The van der Waals surface area contributed by atoms with Crippen molar-refractivity contribution in [3.05, 3.63) is 33.4 Å². The fraction of sp³-hybridized carbons (Fsp3) is 0.417. The van der Waals surface area contributed by atoms with Crippen LogP contribution >= 0.6 is 11.6 Å². The molecule has 0 atom stereocenters. The van der Waals surface area contributed by atoms with Crippen LogP contribution in [0.25, 0.3) is 0 Å². The minimum Gasteiger partial charge on any atom is -0.276 e. The van der Waals surface area contributed by atoms with Crippen LogP contribution in [0.2, 0.25) is 0 Å². The first-order chi connectivity index (χ1) is 6.37. The summed E-state index contributed by atoms with van der Waals surface area (Å²) in [5, 5.41) is -0.355. The first-order valence-electron chi connectivity index (χ1n) is 4.64. The Balaban J connectivity index is 3.68. The summed E-state index contributed by atoms with van der Waals surface area (Å²) in [7, 11) is 0. The Labute approximate surface area is 90.1 Å². The molecule has 0 saturated carbocycles. The van der Waals surface area contributed by atoms with Crippen LogP contribution < -0.4 is 0 Å². The Kier molecular flexibility index (Phi) is 3.01. The van der Waals surface area contributed by atoms with Gasteiger partial charge < -0.3 is 0 Å². The second-order valence-corrected chi connectivity index (χ2v) is 4.12. The molecule has 1 rings (SSSR count). The van der Waals surface area contributed by atoms with E-state index in [1.54, 1.807) is 0 Å². The van der Waals surface area contributed by atoms with Crippen LogP contribution in [0, 0.1) is 34.6 Å². The average Bonchev–Trinajstić information content (AvgIpc) is 2.11. The number of benzene rings is 1. The van der Waals surface area contributed by atoms with Crippen molar-refractivity contribution in [1.29, 1.82) is 0 Å².